The molecule has 0 spiro atoms. The molecule has 0 aliphatic heterocycles. The summed E-state index contributed by atoms with van der Waals surface area (Å²) in [6, 6.07) is 40.6. The minimum absolute atomic E-state index is 0.00499. The van der Waals surface area contributed by atoms with Gasteiger partial charge in [0.05, 0.1) is 12.1 Å². The van der Waals surface area contributed by atoms with Crippen molar-refractivity contribution >= 4 is 34.7 Å². The molecule has 12 heteroatoms. The summed E-state index contributed by atoms with van der Waals surface area (Å²) in [5.74, 6) is -1.89. The lowest BCUT2D eigenvalue weighted by Crippen LogP contribution is -2.63. The van der Waals surface area contributed by atoms with E-state index in [2.05, 4.69) is 31.6 Å². The molecule has 12 nitrogen and oxygen atoms in total. The summed E-state index contributed by atoms with van der Waals surface area (Å²) in [6.07, 6.45) is -0.293. The van der Waals surface area contributed by atoms with Crippen LogP contribution in [0.3, 0.4) is 0 Å². The molecule has 5 atom stereocenters. The van der Waals surface area contributed by atoms with Crippen LogP contribution in [0.1, 0.15) is 41.7 Å². The fourth-order valence-corrected chi connectivity index (χ4v) is 7.14. The topological polar surface area (TPSA) is 174 Å². The Kier molecular flexibility index (Phi) is 15.8. The zero-order valence-electron chi connectivity index (χ0n) is 34.4. The molecule has 6 rings (SSSR count). The molecule has 1 heterocycles. The van der Waals surface area contributed by atoms with Gasteiger partial charge in [0.25, 0.3) is 0 Å². The number of hydrogen-bond donors (Lipinski definition) is 7. The van der Waals surface area contributed by atoms with Crippen molar-refractivity contribution in [2.24, 2.45) is 5.92 Å². The molecule has 61 heavy (non-hydrogen) atoms. The number of carbonyl (C=O) groups is 4. The number of fused-ring (bicyclic) bond motifs is 1. The first kappa shape index (κ1) is 43.8. The molecular weight excluding hydrogens is 769 g/mol. The zero-order valence-corrected chi connectivity index (χ0v) is 34.4. The fraction of sp³-hybridized carbons (Fsp3) is 0.265. The number of aromatic amines is 1. The predicted octanol–water partition coefficient (Wildman–Crippen LogP) is 5.71. The Labute approximate surface area is 356 Å². The number of aliphatic hydroxyl groups is 1. The first-order chi connectivity index (χ1) is 29.6. The Morgan fingerprint density at radius 3 is 1.77 bits per heavy atom. The van der Waals surface area contributed by atoms with Crippen LogP contribution < -0.4 is 26.6 Å². The van der Waals surface area contributed by atoms with E-state index >= 15 is 0 Å². The number of ether oxygens (including phenoxy) is 1. The standard InChI is InChI=1S/C49H54N6O6/c1-33(2)43(47(58)52-30-36-21-11-5-12-22-36)55-48(59)44(51-29-35-19-9-4-10-20-35)45(56)41(27-34-17-7-3-8-18-34)53-46(57)42(28-38-31-50-40-26-16-15-25-39(38)40)54-49(60)61-32-37-23-13-6-14-24-37/h3-26,31,33,41-45,50-51,56H,27-30,32H2,1-2H3,(H,52,58)(H,53,57)(H,54,60)(H,55,59)/t41-,42-,43-,44+,45+/m0/s1. The maximum atomic E-state index is 14.6. The molecule has 7 N–H and O–H groups in total. The van der Waals surface area contributed by atoms with Crippen LogP contribution in [0.25, 0.3) is 10.9 Å². The number of rotatable bonds is 20. The monoisotopic (exact) mass is 822 g/mol. The van der Waals surface area contributed by atoms with Crippen LogP contribution in [0.5, 0.6) is 0 Å². The third-order valence-corrected chi connectivity index (χ3v) is 10.5. The van der Waals surface area contributed by atoms with E-state index in [0.717, 1.165) is 38.7 Å². The SMILES string of the molecule is CC(C)[C@H](NC(=O)[C@H](NCc1ccccc1)[C@H](O)[C@H](Cc1ccccc1)NC(=O)[C@H](Cc1c[nH]c2ccccc12)NC(=O)OCc1ccccc1)C(=O)NCc1ccccc1. The first-order valence-electron chi connectivity index (χ1n) is 20.6. The van der Waals surface area contributed by atoms with Crippen molar-refractivity contribution in [3.8, 4) is 0 Å². The van der Waals surface area contributed by atoms with Gasteiger partial charge in [-0.1, -0.05) is 153 Å². The normalized spacial score (nSPS) is 13.6. The number of aliphatic hydroxyl groups excluding tert-OH is 1. The van der Waals surface area contributed by atoms with Gasteiger partial charge < -0.3 is 36.1 Å². The van der Waals surface area contributed by atoms with Crippen LogP contribution >= 0.6 is 0 Å². The lowest BCUT2D eigenvalue weighted by Gasteiger charge is -2.33. The van der Waals surface area contributed by atoms with E-state index < -0.39 is 48.2 Å². The number of aromatic nitrogens is 1. The minimum atomic E-state index is -1.52. The third kappa shape index (κ3) is 12.9. The summed E-state index contributed by atoms with van der Waals surface area (Å²) in [5, 5.41) is 28.1. The van der Waals surface area contributed by atoms with E-state index in [1.165, 1.54) is 0 Å². The molecule has 0 bridgehead atoms. The maximum Gasteiger partial charge on any atom is 0.408 e. The van der Waals surface area contributed by atoms with Crippen molar-refractivity contribution in [1.82, 2.24) is 31.6 Å². The molecule has 316 valence electrons. The number of amides is 4. The smallest absolute Gasteiger partial charge is 0.408 e. The van der Waals surface area contributed by atoms with E-state index in [1.54, 1.807) is 6.20 Å². The van der Waals surface area contributed by atoms with Gasteiger partial charge in [-0.15, -0.1) is 0 Å². The molecule has 0 saturated carbocycles. The van der Waals surface area contributed by atoms with Crippen LogP contribution in [0.4, 0.5) is 4.79 Å². The predicted molar refractivity (Wildman–Crippen MR) is 236 cm³/mol. The lowest BCUT2D eigenvalue weighted by molar-refractivity contribution is -0.133. The van der Waals surface area contributed by atoms with Crippen molar-refractivity contribution in [3.05, 3.63) is 180 Å². The second-order valence-electron chi connectivity index (χ2n) is 15.4. The van der Waals surface area contributed by atoms with Crippen LogP contribution in [-0.4, -0.2) is 64.2 Å². The Bertz CT molecular complexity index is 2310. The highest BCUT2D eigenvalue weighted by Gasteiger charge is 2.37. The number of alkyl carbamates (subject to hydrolysis) is 1. The van der Waals surface area contributed by atoms with E-state index in [9.17, 15) is 24.3 Å². The van der Waals surface area contributed by atoms with Gasteiger partial charge in [0.1, 0.15) is 24.7 Å². The highest BCUT2D eigenvalue weighted by Crippen LogP contribution is 2.20. The number of carbonyl (C=O) groups excluding carboxylic acids is 4. The second-order valence-corrected chi connectivity index (χ2v) is 15.4. The van der Waals surface area contributed by atoms with Crippen LogP contribution in [0, 0.1) is 5.92 Å². The molecule has 0 fully saturated rings. The average molecular weight is 823 g/mol. The molecule has 0 aliphatic rings. The largest absolute Gasteiger partial charge is 0.445 e. The van der Waals surface area contributed by atoms with Crippen molar-refractivity contribution in [1.29, 1.82) is 0 Å². The van der Waals surface area contributed by atoms with Gasteiger partial charge in [-0.25, -0.2) is 4.79 Å². The van der Waals surface area contributed by atoms with E-state index in [-0.39, 0.29) is 44.4 Å². The molecule has 0 saturated heterocycles. The lowest BCUT2D eigenvalue weighted by atomic mass is 9.94. The summed E-state index contributed by atoms with van der Waals surface area (Å²) < 4.78 is 5.54. The summed E-state index contributed by atoms with van der Waals surface area (Å²) in [6.45, 7) is 4.14. The van der Waals surface area contributed by atoms with Gasteiger partial charge in [0.2, 0.25) is 17.7 Å². The van der Waals surface area contributed by atoms with Gasteiger partial charge in [0, 0.05) is 36.6 Å². The molecule has 5 aromatic carbocycles. The zero-order chi connectivity index (χ0) is 43.0. The maximum absolute atomic E-state index is 14.6. The Hall–Kier alpha value is -6.76. The van der Waals surface area contributed by atoms with Crippen LogP contribution in [0.15, 0.2) is 152 Å². The van der Waals surface area contributed by atoms with Gasteiger partial charge in [-0.3, -0.25) is 19.7 Å². The Balaban J connectivity index is 1.27. The van der Waals surface area contributed by atoms with Crippen molar-refractivity contribution < 1.29 is 29.0 Å². The average Bonchev–Trinajstić information content (AvgIpc) is 3.70. The summed E-state index contributed by atoms with van der Waals surface area (Å²) in [4.78, 5) is 59.1. The third-order valence-electron chi connectivity index (χ3n) is 10.5. The van der Waals surface area contributed by atoms with Crippen LogP contribution in [0.2, 0.25) is 0 Å². The molecule has 0 aliphatic carbocycles. The minimum Gasteiger partial charge on any atom is -0.445 e. The van der Waals surface area contributed by atoms with Gasteiger partial charge >= 0.3 is 6.09 Å². The van der Waals surface area contributed by atoms with Crippen molar-refractivity contribution in [2.45, 2.75) is 76.7 Å². The molecule has 4 amide bonds. The number of para-hydroxylation sites is 1. The molecular formula is C49H54N6O6. The number of H-pyrrole nitrogens is 1. The van der Waals surface area contributed by atoms with Crippen molar-refractivity contribution in [2.75, 3.05) is 0 Å². The summed E-state index contributed by atoms with van der Waals surface area (Å²) in [5.41, 5.74) is 4.98. The van der Waals surface area contributed by atoms with E-state index in [4.69, 9.17) is 4.74 Å². The molecule has 1 aromatic heterocycles. The second kappa shape index (κ2) is 22.0. The molecule has 0 radical (unpaired) electrons. The van der Waals surface area contributed by atoms with Gasteiger partial charge in [-0.2, -0.15) is 0 Å². The number of hydrogen-bond acceptors (Lipinski definition) is 7. The first-order valence-corrected chi connectivity index (χ1v) is 20.6. The Morgan fingerprint density at radius 1 is 0.590 bits per heavy atom. The summed E-state index contributed by atoms with van der Waals surface area (Å²) >= 11 is 0. The van der Waals surface area contributed by atoms with Crippen LogP contribution in [-0.2, 0) is 51.7 Å². The fourth-order valence-electron chi connectivity index (χ4n) is 7.14. The summed E-state index contributed by atoms with van der Waals surface area (Å²) in [7, 11) is 0. The van der Waals surface area contributed by atoms with Crippen molar-refractivity contribution in [3.63, 3.8) is 0 Å². The number of nitrogens with one attached hydrogen (secondary N) is 6. The Morgan fingerprint density at radius 2 is 1.15 bits per heavy atom. The highest BCUT2D eigenvalue weighted by atomic mass is 16.5. The molecule has 0 unspecified atom stereocenters. The van der Waals surface area contributed by atoms with Gasteiger partial charge in [-0.05, 0) is 46.2 Å². The quantitative estimate of drug-likeness (QED) is 0.0517. The number of benzene rings is 5. The van der Waals surface area contributed by atoms with E-state index in [1.807, 2.05) is 159 Å². The van der Waals surface area contributed by atoms with Gasteiger partial charge in [0.15, 0.2) is 0 Å². The van der Waals surface area contributed by atoms with E-state index in [0.29, 0.717) is 0 Å². The molecule has 6 aromatic rings. The highest BCUT2D eigenvalue weighted by molar-refractivity contribution is 5.91.